The zero-order valence-electron chi connectivity index (χ0n) is 21.5. The molecule has 0 aromatic heterocycles. The van der Waals surface area contributed by atoms with Crippen LogP contribution in [0.3, 0.4) is 0 Å². The van der Waals surface area contributed by atoms with Crippen LogP contribution in [0.5, 0.6) is 0 Å². The van der Waals surface area contributed by atoms with Gasteiger partial charge in [-0.3, -0.25) is 14.9 Å². The molecule has 0 aromatic carbocycles. The van der Waals surface area contributed by atoms with E-state index >= 15 is 0 Å². The first-order valence-electron chi connectivity index (χ1n) is 10.1. The maximum Gasteiger partial charge on any atom is 0.319 e. The SMILES string of the molecule is [2H]C([2H])(O)C([3H])([3H])NC([3H])([3H])C([2H])([2H])O.[3H]C([3H])(NC([3H])([3H])C(=O)OC)C(=O)OC. The molecule has 0 radical (unpaired) electrons. The van der Waals surface area contributed by atoms with Crippen molar-refractivity contribution in [3.63, 3.8) is 0 Å². The van der Waals surface area contributed by atoms with Gasteiger partial charge in [0.2, 0.25) is 0 Å². The van der Waals surface area contributed by atoms with Crippen LogP contribution in [0.15, 0.2) is 0 Å². The fourth-order valence-corrected chi connectivity index (χ4v) is 0.323. The number of methoxy groups -OCH3 is 2. The Balaban J connectivity index is 0. The summed E-state index contributed by atoms with van der Waals surface area (Å²) in [5, 5.41) is 20.2. The normalized spacial score (nSPS) is 23.8. The largest absolute Gasteiger partial charge is 0.468 e. The Kier molecular flexibility index (Phi) is 5.11. The minimum absolute atomic E-state index is 0.940. The molecule has 0 aliphatic rings. The first-order valence-corrected chi connectivity index (χ1v) is 4.08. The van der Waals surface area contributed by atoms with Crippen LogP contribution < -0.4 is 10.6 Å². The van der Waals surface area contributed by atoms with Gasteiger partial charge in [0.1, 0.15) is 0 Å². The number of esters is 2. The predicted molar refractivity (Wildman–Crippen MR) is 63.9 cm³/mol. The summed E-state index contributed by atoms with van der Waals surface area (Å²) in [5.41, 5.74) is 0. The maximum atomic E-state index is 10.8. The fourth-order valence-electron chi connectivity index (χ4n) is 0.323. The van der Waals surface area contributed by atoms with Crippen LogP contribution in [-0.4, -0.2) is 75.5 Å². The lowest BCUT2D eigenvalue weighted by Gasteiger charge is -2.00. The molecule has 0 aliphatic carbocycles. The lowest BCUT2D eigenvalue weighted by atomic mass is 10.6. The second kappa shape index (κ2) is 15.8. The van der Waals surface area contributed by atoms with Gasteiger partial charge in [0.15, 0.2) is 0 Å². The number of aliphatic hydroxyl groups is 2. The highest BCUT2D eigenvalue weighted by Crippen LogP contribution is 1.72. The van der Waals surface area contributed by atoms with Crippen molar-refractivity contribution in [2.75, 3.05) is 53.3 Å². The van der Waals surface area contributed by atoms with Crippen LogP contribution in [0.25, 0.3) is 0 Å². The molecule has 0 rings (SSSR count). The summed E-state index contributed by atoms with van der Waals surface area (Å²) < 4.78 is 90.8. The third-order valence-corrected chi connectivity index (χ3v) is 0.937. The fraction of sp³-hybridized carbons (Fsp3) is 0.800. The van der Waals surface area contributed by atoms with E-state index in [1.54, 1.807) is 5.32 Å². The highest BCUT2D eigenvalue weighted by Gasteiger charge is 2.01. The predicted octanol–water partition coefficient (Wildman–Crippen LogP) is -2.52. The molecule has 18 heavy (non-hydrogen) atoms. The van der Waals surface area contributed by atoms with E-state index < -0.39 is 51.0 Å². The average Bonchev–Trinajstić information content (AvgIpc) is 2.49. The summed E-state index contributed by atoms with van der Waals surface area (Å²) in [4.78, 5) is 21.7. The molecule has 0 heterocycles. The van der Waals surface area contributed by atoms with Crippen LogP contribution in [0.4, 0.5) is 0 Å². The van der Waals surface area contributed by atoms with E-state index in [4.69, 9.17) is 26.7 Å². The minimum Gasteiger partial charge on any atom is -0.468 e. The average molecular weight is 286 g/mol. The maximum absolute atomic E-state index is 10.8. The second-order valence-electron chi connectivity index (χ2n) is 1.96. The van der Waals surface area contributed by atoms with E-state index in [-0.39, 0.29) is 0 Å². The summed E-state index contributed by atoms with van der Waals surface area (Å²) in [6, 6.07) is 0. The summed E-state index contributed by atoms with van der Waals surface area (Å²) in [5.74, 6) is -2.68. The highest BCUT2D eigenvalue weighted by molar-refractivity contribution is 5.74. The molecule has 8 nitrogen and oxygen atoms in total. The van der Waals surface area contributed by atoms with Gasteiger partial charge in [-0.05, 0) is 0 Å². The third-order valence-electron chi connectivity index (χ3n) is 0.937. The van der Waals surface area contributed by atoms with E-state index in [1.165, 1.54) is 5.32 Å². The van der Waals surface area contributed by atoms with Gasteiger partial charge in [0, 0.05) is 18.5 Å². The Labute approximate surface area is 123 Å². The summed E-state index contributed by atoms with van der Waals surface area (Å²) >= 11 is 0. The van der Waals surface area contributed by atoms with Gasteiger partial charge < -0.3 is 25.0 Å². The number of carbonyl (C=O) groups excluding carboxylic acids is 2. The zero-order chi connectivity index (χ0) is 25.0. The number of rotatable bonds is 8. The lowest BCUT2D eigenvalue weighted by molar-refractivity contribution is -0.141. The van der Waals surface area contributed by atoms with Crippen molar-refractivity contribution in [2.45, 2.75) is 0 Å². The molecule has 108 valence electrons. The molecular weight excluding hydrogens is 244 g/mol. The number of ether oxygens (including phenoxy) is 2. The van der Waals surface area contributed by atoms with Gasteiger partial charge in [-0.15, -0.1) is 0 Å². The lowest BCUT2D eigenvalue weighted by Crippen LogP contribution is -2.29. The monoisotopic (exact) mass is 286 g/mol. The topological polar surface area (TPSA) is 117 Å². The van der Waals surface area contributed by atoms with Gasteiger partial charge in [0.05, 0.1) is 51.3 Å². The van der Waals surface area contributed by atoms with Gasteiger partial charge in [-0.2, -0.15) is 0 Å². The Morgan fingerprint density at radius 1 is 1.11 bits per heavy atom. The molecule has 0 unspecified atom stereocenters. The number of nitrogens with one attached hydrogen (secondary N) is 2. The number of hydrogen-bond donors (Lipinski definition) is 4. The molecule has 0 spiro atoms. The summed E-state index contributed by atoms with van der Waals surface area (Å²) in [6.45, 7) is -19.0. The van der Waals surface area contributed by atoms with Crippen molar-refractivity contribution in [3.05, 3.63) is 0 Å². The smallest absolute Gasteiger partial charge is 0.319 e. The summed E-state index contributed by atoms with van der Waals surface area (Å²) in [7, 11) is 1.88. The third kappa shape index (κ3) is 17.2. The first-order chi connectivity index (χ1) is 12.9. The van der Waals surface area contributed by atoms with Gasteiger partial charge >= 0.3 is 11.9 Å². The quantitative estimate of drug-likeness (QED) is 0.361. The van der Waals surface area contributed by atoms with Crippen molar-refractivity contribution in [1.82, 2.24) is 10.6 Å². The molecule has 0 saturated carbocycles. The molecule has 0 atom stereocenters. The molecule has 0 fully saturated rings. The zero-order valence-corrected chi connectivity index (χ0v) is 9.53. The Morgan fingerprint density at radius 3 is 1.78 bits per heavy atom. The van der Waals surface area contributed by atoms with Crippen LogP contribution in [0.2, 0.25) is 0 Å². The first kappa shape index (κ1) is 5.83. The summed E-state index contributed by atoms with van der Waals surface area (Å²) in [6.07, 6.45) is 0. The molecular formula is C10H22N2O6. The molecule has 0 aromatic rings. The van der Waals surface area contributed by atoms with Crippen molar-refractivity contribution in [1.29, 1.82) is 0 Å². The van der Waals surface area contributed by atoms with Crippen molar-refractivity contribution < 1.29 is 45.7 Å². The van der Waals surface area contributed by atoms with E-state index in [9.17, 15) is 9.59 Å². The Morgan fingerprint density at radius 2 is 1.50 bits per heavy atom. The van der Waals surface area contributed by atoms with Crippen LogP contribution in [-0.2, 0) is 19.1 Å². The van der Waals surface area contributed by atoms with Gasteiger partial charge in [-0.1, -0.05) is 0 Å². The van der Waals surface area contributed by atoms with E-state index in [1.807, 2.05) is 0 Å². The molecule has 4 N–H and O–H groups in total. The van der Waals surface area contributed by atoms with Crippen molar-refractivity contribution in [2.24, 2.45) is 0 Å². The molecule has 0 aliphatic heterocycles. The van der Waals surface area contributed by atoms with Crippen LogP contribution in [0.1, 0.15) is 16.4 Å². The minimum atomic E-state index is -3.43. The number of carbonyl (C=O) groups is 2. The van der Waals surface area contributed by atoms with Crippen LogP contribution in [0, 0.1) is 0 Å². The van der Waals surface area contributed by atoms with Gasteiger partial charge in [-0.25, -0.2) is 0 Å². The molecule has 8 heteroatoms. The number of hydrogen-bond acceptors (Lipinski definition) is 8. The van der Waals surface area contributed by atoms with E-state index in [0.717, 1.165) is 14.2 Å². The Hall–Kier alpha value is -1.22. The van der Waals surface area contributed by atoms with Gasteiger partial charge in [0.25, 0.3) is 0 Å². The van der Waals surface area contributed by atoms with Crippen molar-refractivity contribution >= 4 is 11.9 Å². The van der Waals surface area contributed by atoms with Crippen LogP contribution >= 0.6 is 0 Å². The standard InChI is InChI=1S/C6H11NO4.C4H11NO2/c1-10-5(8)3-7-4-6(9)11-2;6-3-1-5-2-4-7/h7H,3-4H2,1-2H3;5-7H,1-4H2/i3T2,4T2;1T2,2T2,3D2,4D2. The van der Waals surface area contributed by atoms with E-state index in [2.05, 4.69) is 9.47 Å². The van der Waals surface area contributed by atoms with Crippen molar-refractivity contribution in [3.8, 4) is 0 Å². The molecule has 0 amide bonds. The Bertz CT molecular complexity index is 553. The van der Waals surface area contributed by atoms with E-state index in [0.29, 0.717) is 0 Å². The second-order valence-corrected chi connectivity index (χ2v) is 1.96. The molecule has 0 saturated heterocycles. The molecule has 0 bridgehead atoms. The highest BCUT2D eigenvalue weighted by atomic mass is 16.5.